The van der Waals surface area contributed by atoms with Crippen molar-refractivity contribution in [1.29, 1.82) is 0 Å². The quantitative estimate of drug-likeness (QED) is 0.400. The Kier molecular flexibility index (Phi) is 4.41. The molecule has 0 N–H and O–H groups in total. The lowest BCUT2D eigenvalue weighted by molar-refractivity contribution is 0.261. The monoisotopic (exact) mass is 193 g/mol. The lowest BCUT2D eigenvalue weighted by atomic mass is 10.2. The zero-order chi connectivity index (χ0) is 10.2. The molecule has 1 aromatic carbocycles. The highest BCUT2D eigenvalue weighted by atomic mass is 19.1. The highest BCUT2D eigenvalue weighted by Crippen LogP contribution is 2.02. The van der Waals surface area contributed by atoms with Crippen molar-refractivity contribution in [1.82, 2.24) is 0 Å². The molecule has 0 radical (unpaired) electrons. The van der Waals surface area contributed by atoms with Gasteiger partial charge in [-0.15, -0.1) is 0 Å². The van der Waals surface area contributed by atoms with E-state index < -0.39 is 0 Å². The Labute approximate surface area is 82.7 Å². The molecule has 1 rings (SSSR count). The fraction of sp³-hybridized carbons (Fsp3) is 0.182. The third-order valence-electron chi connectivity index (χ3n) is 1.59. The number of nitrogens with zero attached hydrogens (tertiary/aromatic N) is 1. The van der Waals surface area contributed by atoms with Gasteiger partial charge in [0.25, 0.3) is 0 Å². The molecule has 1 aromatic rings. The first-order valence-electron chi connectivity index (χ1n) is 4.31. The summed E-state index contributed by atoms with van der Waals surface area (Å²) in [6.07, 6.45) is 2.86. The largest absolute Gasteiger partial charge is 0.500 e. The molecule has 0 spiro atoms. The molecule has 3 heteroatoms. The molecule has 0 amide bonds. The summed E-state index contributed by atoms with van der Waals surface area (Å²) in [6.45, 7) is 4.36. The lowest BCUT2D eigenvalue weighted by Gasteiger charge is -1.96. The minimum Gasteiger partial charge on any atom is -0.500 e. The Balaban J connectivity index is 2.43. The molecule has 74 valence electrons. The second-order valence-electron chi connectivity index (χ2n) is 2.59. The molecule has 14 heavy (non-hydrogen) atoms. The fourth-order valence-corrected chi connectivity index (χ4v) is 0.931. The van der Waals surface area contributed by atoms with Crippen LogP contribution in [0.2, 0.25) is 0 Å². The minimum atomic E-state index is -0.263. The average molecular weight is 193 g/mol. The van der Waals surface area contributed by atoms with Crippen LogP contribution >= 0.6 is 0 Å². The van der Waals surface area contributed by atoms with Crippen LogP contribution in [-0.2, 0) is 4.74 Å². The van der Waals surface area contributed by atoms with E-state index in [0.29, 0.717) is 18.7 Å². The van der Waals surface area contributed by atoms with E-state index in [4.69, 9.17) is 4.74 Å². The van der Waals surface area contributed by atoms with Gasteiger partial charge in [0.15, 0.2) is 0 Å². The maximum absolute atomic E-state index is 13.0. The van der Waals surface area contributed by atoms with Gasteiger partial charge in [-0.3, -0.25) is 4.99 Å². The molecule has 0 aliphatic rings. The summed E-state index contributed by atoms with van der Waals surface area (Å²) in [7, 11) is 0. The van der Waals surface area contributed by atoms with Gasteiger partial charge in [0, 0.05) is 11.8 Å². The predicted octanol–water partition coefficient (Wildman–Crippen LogP) is 2.40. The first-order valence-corrected chi connectivity index (χ1v) is 4.31. The molecule has 0 aliphatic carbocycles. The van der Waals surface area contributed by atoms with Crippen LogP contribution in [-0.4, -0.2) is 19.4 Å². The molecule has 2 nitrogen and oxygen atoms in total. The Bertz CT molecular complexity index is 323. The number of rotatable bonds is 5. The van der Waals surface area contributed by atoms with Gasteiger partial charge in [-0.2, -0.15) is 0 Å². The van der Waals surface area contributed by atoms with Crippen LogP contribution in [0.15, 0.2) is 42.1 Å². The van der Waals surface area contributed by atoms with Crippen molar-refractivity contribution in [2.45, 2.75) is 0 Å². The van der Waals surface area contributed by atoms with Gasteiger partial charge in [0.05, 0.1) is 12.8 Å². The first-order chi connectivity index (χ1) is 6.84. The molecular formula is C11H12FNO. The van der Waals surface area contributed by atoms with Crippen LogP contribution in [0, 0.1) is 5.82 Å². The van der Waals surface area contributed by atoms with Crippen molar-refractivity contribution in [3.8, 4) is 0 Å². The highest BCUT2D eigenvalue weighted by molar-refractivity contribution is 5.79. The number of hydrogen-bond donors (Lipinski definition) is 0. The minimum absolute atomic E-state index is 0.263. The molecule has 0 saturated heterocycles. The van der Waals surface area contributed by atoms with Crippen molar-refractivity contribution in [2.24, 2.45) is 4.99 Å². The van der Waals surface area contributed by atoms with Gasteiger partial charge in [-0.05, 0) is 6.07 Å². The number of benzene rings is 1. The molecule has 0 unspecified atom stereocenters. The third-order valence-corrected chi connectivity index (χ3v) is 1.59. The van der Waals surface area contributed by atoms with Crippen molar-refractivity contribution in [3.63, 3.8) is 0 Å². The molecule has 0 saturated carbocycles. The number of hydrogen-bond acceptors (Lipinski definition) is 2. The smallest absolute Gasteiger partial charge is 0.131 e. The van der Waals surface area contributed by atoms with Gasteiger partial charge >= 0.3 is 0 Å². The van der Waals surface area contributed by atoms with Gasteiger partial charge in [-0.1, -0.05) is 24.8 Å². The van der Waals surface area contributed by atoms with E-state index in [2.05, 4.69) is 11.6 Å². The van der Waals surface area contributed by atoms with Gasteiger partial charge in [-0.25, -0.2) is 4.39 Å². The average Bonchev–Trinajstić information content (AvgIpc) is 2.20. The molecule has 0 aliphatic heterocycles. The van der Waals surface area contributed by atoms with E-state index in [1.807, 2.05) is 0 Å². The van der Waals surface area contributed by atoms with E-state index in [-0.39, 0.29) is 5.82 Å². The molecule has 0 aromatic heterocycles. The van der Waals surface area contributed by atoms with Crippen LogP contribution in [0.5, 0.6) is 0 Å². The topological polar surface area (TPSA) is 21.6 Å². The van der Waals surface area contributed by atoms with Crippen LogP contribution in [0.25, 0.3) is 0 Å². The van der Waals surface area contributed by atoms with Crippen molar-refractivity contribution in [3.05, 3.63) is 48.5 Å². The van der Waals surface area contributed by atoms with Gasteiger partial charge in [0.2, 0.25) is 0 Å². The maximum Gasteiger partial charge on any atom is 0.131 e. The van der Waals surface area contributed by atoms with Crippen LogP contribution in [0.4, 0.5) is 4.39 Å². The second-order valence-corrected chi connectivity index (χ2v) is 2.59. The van der Waals surface area contributed by atoms with Crippen LogP contribution in [0.3, 0.4) is 0 Å². The summed E-state index contributed by atoms with van der Waals surface area (Å²) >= 11 is 0. The summed E-state index contributed by atoms with van der Waals surface area (Å²) in [5, 5.41) is 0. The second kappa shape index (κ2) is 5.91. The zero-order valence-corrected chi connectivity index (χ0v) is 7.82. The summed E-state index contributed by atoms with van der Waals surface area (Å²) in [6, 6.07) is 6.49. The van der Waals surface area contributed by atoms with E-state index >= 15 is 0 Å². The third kappa shape index (κ3) is 3.39. The van der Waals surface area contributed by atoms with Gasteiger partial charge < -0.3 is 4.74 Å². The summed E-state index contributed by atoms with van der Waals surface area (Å²) in [5.41, 5.74) is 0.492. The SMILES string of the molecule is C=COCCN=Cc1ccccc1F. The Morgan fingerprint density at radius 3 is 2.93 bits per heavy atom. The summed E-state index contributed by atoms with van der Waals surface area (Å²) < 4.78 is 17.9. The predicted molar refractivity (Wildman–Crippen MR) is 55.0 cm³/mol. The standard InChI is InChI=1S/C11H12FNO/c1-2-14-8-7-13-9-10-5-3-4-6-11(10)12/h2-6,9H,1,7-8H2. The fourth-order valence-electron chi connectivity index (χ4n) is 0.931. The van der Waals surface area contributed by atoms with E-state index in [9.17, 15) is 4.39 Å². The normalized spacial score (nSPS) is 10.4. The Morgan fingerprint density at radius 1 is 1.43 bits per heavy atom. The molecule has 0 heterocycles. The zero-order valence-electron chi connectivity index (χ0n) is 7.82. The molecule has 0 fully saturated rings. The Morgan fingerprint density at radius 2 is 2.21 bits per heavy atom. The van der Waals surface area contributed by atoms with E-state index in [1.165, 1.54) is 18.5 Å². The summed E-state index contributed by atoms with van der Waals surface area (Å²) in [5.74, 6) is -0.263. The lowest BCUT2D eigenvalue weighted by Crippen LogP contribution is -1.94. The van der Waals surface area contributed by atoms with Crippen molar-refractivity contribution >= 4 is 6.21 Å². The number of halogens is 1. The molecular weight excluding hydrogens is 181 g/mol. The van der Waals surface area contributed by atoms with Crippen molar-refractivity contribution in [2.75, 3.05) is 13.2 Å². The molecule has 0 bridgehead atoms. The van der Waals surface area contributed by atoms with Crippen LogP contribution < -0.4 is 0 Å². The van der Waals surface area contributed by atoms with Crippen LogP contribution in [0.1, 0.15) is 5.56 Å². The van der Waals surface area contributed by atoms with Crippen molar-refractivity contribution < 1.29 is 9.13 Å². The number of ether oxygens (including phenoxy) is 1. The highest BCUT2D eigenvalue weighted by Gasteiger charge is 1.94. The van der Waals surface area contributed by atoms with E-state index in [1.54, 1.807) is 18.2 Å². The first kappa shape index (κ1) is 10.4. The Hall–Kier alpha value is -1.64. The maximum atomic E-state index is 13.0. The van der Waals surface area contributed by atoms with E-state index in [0.717, 1.165) is 0 Å². The van der Waals surface area contributed by atoms with Gasteiger partial charge in [0.1, 0.15) is 12.4 Å². The summed E-state index contributed by atoms with van der Waals surface area (Å²) in [4.78, 5) is 4.00. The molecule has 0 atom stereocenters. The number of aliphatic imine (C=N–C) groups is 1.